The normalized spacial score (nSPS) is 16.1. The minimum absolute atomic E-state index is 0.139. The van der Waals surface area contributed by atoms with E-state index in [4.69, 9.17) is 0 Å². The van der Waals surface area contributed by atoms with Gasteiger partial charge in [-0.25, -0.2) is 4.74 Å². The number of rotatable bonds is 2. The molecule has 0 saturated carbocycles. The van der Waals surface area contributed by atoms with E-state index in [1.165, 1.54) is 0 Å². The van der Waals surface area contributed by atoms with E-state index in [0.717, 1.165) is 11.2 Å². The summed E-state index contributed by atoms with van der Waals surface area (Å²) in [6.07, 6.45) is 2.46. The van der Waals surface area contributed by atoms with E-state index >= 15 is 0 Å². The van der Waals surface area contributed by atoms with Crippen molar-refractivity contribution < 1.29 is 4.74 Å². The number of nitrogens with zero attached hydrogens (tertiary/aromatic N) is 1. The van der Waals surface area contributed by atoms with Crippen molar-refractivity contribution in [3.63, 3.8) is 0 Å². The van der Waals surface area contributed by atoms with Crippen molar-refractivity contribution in [3.05, 3.63) is 5.21 Å². The van der Waals surface area contributed by atoms with Gasteiger partial charge in [-0.2, -0.15) is 0 Å². The van der Waals surface area contributed by atoms with Gasteiger partial charge in [0.2, 0.25) is 0 Å². The van der Waals surface area contributed by atoms with Crippen molar-refractivity contribution in [2.24, 2.45) is 0 Å². The monoisotopic (exact) mass is 115 g/mol. The molecule has 0 spiro atoms. The Hall–Kier alpha value is -0.530. The molecule has 0 radical (unpaired) electrons. The highest BCUT2D eigenvalue weighted by Crippen LogP contribution is 1.91. The van der Waals surface area contributed by atoms with Gasteiger partial charge < -0.3 is 5.21 Å². The first-order valence-corrected chi connectivity index (χ1v) is 2.97. The van der Waals surface area contributed by atoms with Gasteiger partial charge in [0.05, 0.1) is 0 Å². The smallest absolute Gasteiger partial charge is 0.159 e. The molecule has 0 aromatic rings. The molecule has 2 heteroatoms. The van der Waals surface area contributed by atoms with Gasteiger partial charge >= 0.3 is 0 Å². The van der Waals surface area contributed by atoms with Crippen LogP contribution in [-0.4, -0.2) is 17.0 Å². The molecule has 0 rings (SSSR count). The average molecular weight is 115 g/mol. The van der Waals surface area contributed by atoms with E-state index in [-0.39, 0.29) is 6.04 Å². The molecule has 0 fully saturated rings. The Morgan fingerprint density at radius 2 is 2.25 bits per heavy atom. The fraction of sp³-hybridized carbons (Fsp3) is 0.833. The third-order valence-electron chi connectivity index (χ3n) is 1.28. The van der Waals surface area contributed by atoms with Crippen molar-refractivity contribution in [1.82, 2.24) is 0 Å². The highest BCUT2D eigenvalue weighted by Gasteiger charge is 2.01. The highest BCUT2D eigenvalue weighted by atomic mass is 16.5. The van der Waals surface area contributed by atoms with Crippen LogP contribution in [-0.2, 0) is 0 Å². The molecule has 0 bridgehead atoms. The summed E-state index contributed by atoms with van der Waals surface area (Å²) in [6, 6.07) is 0.139. The van der Waals surface area contributed by atoms with Gasteiger partial charge in [-0.1, -0.05) is 6.92 Å². The Labute approximate surface area is 50.4 Å². The predicted molar refractivity (Wildman–Crippen MR) is 35.1 cm³/mol. The maximum atomic E-state index is 10.6. The molecule has 48 valence electrons. The minimum Gasteiger partial charge on any atom is -0.624 e. The van der Waals surface area contributed by atoms with Crippen LogP contribution in [0.2, 0.25) is 0 Å². The summed E-state index contributed by atoms with van der Waals surface area (Å²) in [6.45, 7) is 5.66. The Morgan fingerprint density at radius 3 is 2.38 bits per heavy atom. The molecule has 8 heavy (non-hydrogen) atoms. The summed E-state index contributed by atoms with van der Waals surface area (Å²) < 4.78 is 0.972. The lowest BCUT2D eigenvalue weighted by molar-refractivity contribution is -0.492. The summed E-state index contributed by atoms with van der Waals surface area (Å²) in [5.74, 6) is 0. The Balaban J connectivity index is 3.63. The number of hydrogen-bond acceptors (Lipinski definition) is 1. The second-order valence-electron chi connectivity index (χ2n) is 1.88. The zero-order chi connectivity index (χ0) is 6.57. The quantitative estimate of drug-likeness (QED) is 0.231. The first kappa shape index (κ1) is 7.47. The number of hydroxylamine groups is 1. The summed E-state index contributed by atoms with van der Waals surface area (Å²) in [4.78, 5) is 0. The average Bonchev–Trinajstić information content (AvgIpc) is 1.84. The molecule has 0 saturated heterocycles. The zero-order valence-electron chi connectivity index (χ0n) is 5.72. The summed E-state index contributed by atoms with van der Waals surface area (Å²) >= 11 is 0. The van der Waals surface area contributed by atoms with E-state index in [9.17, 15) is 5.21 Å². The maximum absolute atomic E-state index is 10.6. The zero-order valence-corrected chi connectivity index (χ0v) is 5.72. The third-order valence-corrected chi connectivity index (χ3v) is 1.28. The lowest BCUT2D eigenvalue weighted by atomic mass is 10.3. The van der Waals surface area contributed by atoms with E-state index in [0.29, 0.717) is 0 Å². The van der Waals surface area contributed by atoms with Crippen LogP contribution < -0.4 is 0 Å². The van der Waals surface area contributed by atoms with Gasteiger partial charge in [0.25, 0.3) is 0 Å². The van der Waals surface area contributed by atoms with Gasteiger partial charge in [-0.05, 0) is 6.92 Å². The van der Waals surface area contributed by atoms with E-state index in [1.54, 1.807) is 13.1 Å². The topological polar surface area (TPSA) is 26.1 Å². The molecule has 0 aliphatic carbocycles. The largest absolute Gasteiger partial charge is 0.624 e. The lowest BCUT2D eigenvalue weighted by Gasteiger charge is -2.08. The Bertz CT molecular complexity index is 88.5. The lowest BCUT2D eigenvalue weighted by Crippen LogP contribution is -2.16. The second kappa shape index (κ2) is 3.47. The molecule has 2 nitrogen and oxygen atoms in total. The van der Waals surface area contributed by atoms with Crippen LogP contribution in [0, 0.1) is 5.21 Å². The predicted octanol–water partition coefficient (Wildman–Crippen LogP) is 1.39. The Morgan fingerprint density at radius 1 is 1.75 bits per heavy atom. The summed E-state index contributed by atoms with van der Waals surface area (Å²) in [5.41, 5.74) is 0. The van der Waals surface area contributed by atoms with Gasteiger partial charge in [-0.3, -0.25) is 0 Å². The molecular weight excluding hydrogens is 102 g/mol. The molecular formula is C6H13NO. The van der Waals surface area contributed by atoms with Crippen molar-refractivity contribution in [2.75, 3.05) is 0 Å². The fourth-order valence-electron chi connectivity index (χ4n) is 0.434. The van der Waals surface area contributed by atoms with Crippen LogP contribution in [0.3, 0.4) is 0 Å². The van der Waals surface area contributed by atoms with E-state index in [1.807, 2.05) is 13.8 Å². The number of hydrogen-bond donors (Lipinski definition) is 0. The molecule has 0 unspecified atom stereocenters. The molecule has 0 amide bonds. The van der Waals surface area contributed by atoms with Crippen LogP contribution >= 0.6 is 0 Å². The van der Waals surface area contributed by atoms with Crippen LogP contribution in [0.15, 0.2) is 0 Å². The second-order valence-corrected chi connectivity index (χ2v) is 1.88. The van der Waals surface area contributed by atoms with Crippen LogP contribution in [0.25, 0.3) is 0 Å². The van der Waals surface area contributed by atoms with Crippen LogP contribution in [0.1, 0.15) is 27.2 Å². The van der Waals surface area contributed by atoms with E-state index in [2.05, 4.69) is 0 Å². The first-order chi connectivity index (χ1) is 3.72. The van der Waals surface area contributed by atoms with Crippen molar-refractivity contribution in [2.45, 2.75) is 33.2 Å². The minimum atomic E-state index is 0.139. The first-order valence-electron chi connectivity index (χ1n) is 2.97. The molecule has 0 aliphatic heterocycles. The SMILES string of the molecule is C/C=[N+](\[O-])[C@H](C)CC. The van der Waals surface area contributed by atoms with E-state index < -0.39 is 0 Å². The molecule has 0 heterocycles. The molecule has 0 aromatic carbocycles. The molecule has 0 aliphatic rings. The molecule has 0 aromatic heterocycles. The van der Waals surface area contributed by atoms with Gasteiger partial charge in [0, 0.05) is 13.3 Å². The van der Waals surface area contributed by atoms with Crippen molar-refractivity contribution in [3.8, 4) is 0 Å². The Kier molecular flexibility index (Phi) is 3.24. The van der Waals surface area contributed by atoms with Crippen molar-refractivity contribution >= 4 is 6.21 Å². The summed E-state index contributed by atoms with van der Waals surface area (Å²) in [5, 5.41) is 10.6. The third kappa shape index (κ3) is 1.96. The standard InChI is InChI=1S/C6H13NO/c1-4-6(3)7(8)5-2/h5-6H,4H2,1-3H3/b7-5-/t6-/m1/s1. The maximum Gasteiger partial charge on any atom is 0.159 e. The van der Waals surface area contributed by atoms with Crippen LogP contribution in [0.5, 0.6) is 0 Å². The fourth-order valence-corrected chi connectivity index (χ4v) is 0.434. The summed E-state index contributed by atoms with van der Waals surface area (Å²) in [7, 11) is 0. The van der Waals surface area contributed by atoms with Gasteiger partial charge in [0.15, 0.2) is 6.04 Å². The molecule has 0 N–H and O–H groups in total. The van der Waals surface area contributed by atoms with Gasteiger partial charge in [0.1, 0.15) is 6.21 Å². The van der Waals surface area contributed by atoms with Crippen molar-refractivity contribution in [1.29, 1.82) is 0 Å². The molecule has 1 atom stereocenters. The van der Waals surface area contributed by atoms with Crippen LogP contribution in [0.4, 0.5) is 0 Å². The van der Waals surface area contributed by atoms with Gasteiger partial charge in [-0.15, -0.1) is 0 Å². The highest BCUT2D eigenvalue weighted by molar-refractivity contribution is 5.46.